The second-order valence-corrected chi connectivity index (χ2v) is 15.1. The second kappa shape index (κ2) is 7.19. The van der Waals surface area contributed by atoms with Gasteiger partial charge in [0.1, 0.15) is 6.29 Å². The van der Waals surface area contributed by atoms with Gasteiger partial charge in [0.15, 0.2) is 0 Å². The zero-order valence-corrected chi connectivity index (χ0v) is 22.5. The van der Waals surface area contributed by atoms with Gasteiger partial charge in [-0.1, -0.05) is 60.1 Å². The van der Waals surface area contributed by atoms with E-state index in [4.69, 9.17) is 0 Å². The predicted molar refractivity (Wildman–Crippen MR) is 134 cm³/mol. The van der Waals surface area contributed by atoms with Gasteiger partial charge in [-0.15, -0.1) is 0 Å². The molecule has 0 spiro atoms. The number of rotatable bonds is 1. The minimum absolute atomic E-state index is 0.0171. The Bertz CT molecular complexity index is 905. The van der Waals surface area contributed by atoms with Gasteiger partial charge in [0.2, 0.25) is 0 Å². The zero-order valence-electron chi connectivity index (χ0n) is 22.5. The van der Waals surface area contributed by atoms with Gasteiger partial charge >= 0.3 is 0 Å². The third-order valence-electron chi connectivity index (χ3n) is 12.9. The molecule has 10 unspecified atom stereocenters. The van der Waals surface area contributed by atoms with Crippen LogP contribution < -0.4 is 0 Å². The van der Waals surface area contributed by atoms with Crippen LogP contribution in [0.3, 0.4) is 0 Å². The molecule has 4 heteroatoms. The van der Waals surface area contributed by atoms with Crippen LogP contribution in [0.5, 0.6) is 0 Å². The molecule has 0 saturated heterocycles. The molecule has 0 aliphatic heterocycles. The van der Waals surface area contributed by atoms with Crippen molar-refractivity contribution in [2.75, 3.05) is 0 Å². The van der Waals surface area contributed by atoms with Crippen LogP contribution in [0.1, 0.15) is 99.8 Å². The first-order valence-electron chi connectivity index (χ1n) is 13.8. The third-order valence-corrected chi connectivity index (χ3v) is 12.9. The molecular formula is C30H48O4. The first-order chi connectivity index (χ1) is 15.6. The highest BCUT2D eigenvalue weighted by Crippen LogP contribution is 2.75. The number of aliphatic hydroxyl groups excluding tert-OH is 3. The summed E-state index contributed by atoms with van der Waals surface area (Å²) < 4.78 is 0. The van der Waals surface area contributed by atoms with E-state index in [0.717, 1.165) is 44.8 Å². The van der Waals surface area contributed by atoms with Crippen molar-refractivity contribution < 1.29 is 20.1 Å². The standard InChI is InChI=1S/C30H48O4/c1-25(2)14-19-18-8-9-21-27(5)12-11-22(32)26(3,4)20(27)10-13-28(21,6)29(18,7)16-24(34)30(19,17-31)23(33)15-25/h8,17,19-24,32-34H,9-16H2,1-7H3. The summed E-state index contributed by atoms with van der Waals surface area (Å²) in [6.45, 7) is 16.2. The van der Waals surface area contributed by atoms with E-state index in [2.05, 4.69) is 54.5 Å². The number of carbonyl (C=O) groups is 1. The first-order valence-corrected chi connectivity index (χ1v) is 13.8. The van der Waals surface area contributed by atoms with Crippen LogP contribution in [0.2, 0.25) is 0 Å². The highest BCUT2D eigenvalue weighted by atomic mass is 16.3. The Balaban J connectivity index is 1.63. The number of hydrogen-bond acceptors (Lipinski definition) is 4. The Morgan fingerprint density at radius 3 is 2.12 bits per heavy atom. The minimum Gasteiger partial charge on any atom is -0.393 e. The maximum Gasteiger partial charge on any atom is 0.131 e. The summed E-state index contributed by atoms with van der Waals surface area (Å²) in [6.07, 6.45) is 8.53. The van der Waals surface area contributed by atoms with Gasteiger partial charge in [-0.25, -0.2) is 0 Å². The summed E-state index contributed by atoms with van der Waals surface area (Å²) in [6, 6.07) is 0. The topological polar surface area (TPSA) is 77.8 Å². The number of aliphatic hydroxyl groups is 3. The lowest BCUT2D eigenvalue weighted by molar-refractivity contribution is -0.223. The van der Waals surface area contributed by atoms with Crippen molar-refractivity contribution in [2.24, 2.45) is 50.2 Å². The van der Waals surface area contributed by atoms with Crippen molar-refractivity contribution in [1.29, 1.82) is 0 Å². The number of aldehydes is 1. The number of carbonyl (C=O) groups excluding carboxylic acids is 1. The smallest absolute Gasteiger partial charge is 0.131 e. The normalized spacial score (nSPS) is 55.6. The van der Waals surface area contributed by atoms with Gasteiger partial charge in [0, 0.05) is 0 Å². The van der Waals surface area contributed by atoms with E-state index in [1.807, 2.05) is 0 Å². The highest BCUT2D eigenvalue weighted by Gasteiger charge is 2.71. The molecule has 0 amide bonds. The molecule has 0 radical (unpaired) electrons. The average Bonchev–Trinajstić information content (AvgIpc) is 2.71. The summed E-state index contributed by atoms with van der Waals surface area (Å²) in [5.41, 5.74) is 0.0679. The van der Waals surface area contributed by atoms with E-state index in [0.29, 0.717) is 24.7 Å². The van der Waals surface area contributed by atoms with E-state index in [1.54, 1.807) is 0 Å². The highest BCUT2D eigenvalue weighted by molar-refractivity contribution is 5.65. The molecule has 3 N–H and O–H groups in total. The molecule has 0 heterocycles. The molecule has 0 aromatic rings. The van der Waals surface area contributed by atoms with Crippen molar-refractivity contribution in [3.8, 4) is 0 Å². The summed E-state index contributed by atoms with van der Waals surface area (Å²) in [4.78, 5) is 12.7. The van der Waals surface area contributed by atoms with Crippen molar-refractivity contribution in [3.63, 3.8) is 0 Å². The summed E-state index contributed by atoms with van der Waals surface area (Å²) >= 11 is 0. The molecule has 4 nitrogen and oxygen atoms in total. The Kier molecular flexibility index (Phi) is 5.28. The quantitative estimate of drug-likeness (QED) is 0.358. The van der Waals surface area contributed by atoms with Gasteiger partial charge in [-0.05, 0) is 96.2 Å². The van der Waals surface area contributed by atoms with Crippen LogP contribution in [-0.4, -0.2) is 39.9 Å². The lowest BCUT2D eigenvalue weighted by Crippen LogP contribution is -2.68. The zero-order chi connectivity index (χ0) is 25.1. The molecule has 4 fully saturated rings. The fourth-order valence-electron chi connectivity index (χ4n) is 10.8. The fourth-order valence-corrected chi connectivity index (χ4v) is 10.8. The lowest BCUT2D eigenvalue weighted by Gasteiger charge is -2.71. The van der Waals surface area contributed by atoms with Crippen molar-refractivity contribution in [2.45, 2.75) is 118 Å². The van der Waals surface area contributed by atoms with Crippen LogP contribution in [-0.2, 0) is 4.79 Å². The SMILES string of the molecule is CC1(C)CC(O)C2(C=O)C(O)CC3(C)C(=CCC4C5(C)CCC(O)C(C)(C)C5CCC43C)C2C1. The summed E-state index contributed by atoms with van der Waals surface area (Å²) in [7, 11) is 0. The van der Waals surface area contributed by atoms with E-state index in [-0.39, 0.29) is 39.1 Å². The Labute approximate surface area is 206 Å². The number of fused-ring (bicyclic) bond motifs is 7. The predicted octanol–water partition coefficient (Wildman–Crippen LogP) is 5.29. The molecule has 192 valence electrons. The molecular weight excluding hydrogens is 424 g/mol. The Hall–Kier alpha value is -0.710. The molecule has 4 saturated carbocycles. The molecule has 10 atom stereocenters. The lowest BCUT2D eigenvalue weighted by atomic mass is 9.33. The van der Waals surface area contributed by atoms with Crippen LogP contribution in [0, 0.1) is 50.2 Å². The monoisotopic (exact) mass is 472 g/mol. The molecule has 0 aromatic heterocycles. The number of hydrogen-bond donors (Lipinski definition) is 3. The molecule has 5 aliphatic carbocycles. The second-order valence-electron chi connectivity index (χ2n) is 15.1. The van der Waals surface area contributed by atoms with Crippen molar-refractivity contribution >= 4 is 6.29 Å². The largest absolute Gasteiger partial charge is 0.393 e. The van der Waals surface area contributed by atoms with Gasteiger partial charge in [0.05, 0.1) is 23.7 Å². The average molecular weight is 473 g/mol. The van der Waals surface area contributed by atoms with Crippen LogP contribution in [0.4, 0.5) is 0 Å². The Morgan fingerprint density at radius 1 is 0.824 bits per heavy atom. The molecule has 0 aromatic carbocycles. The van der Waals surface area contributed by atoms with E-state index in [1.165, 1.54) is 5.57 Å². The van der Waals surface area contributed by atoms with E-state index in [9.17, 15) is 20.1 Å². The number of allylic oxidation sites excluding steroid dienone is 2. The summed E-state index contributed by atoms with van der Waals surface area (Å²) in [5.74, 6) is 0.862. The van der Waals surface area contributed by atoms with Crippen molar-refractivity contribution in [1.82, 2.24) is 0 Å². The maximum atomic E-state index is 12.7. The molecule has 5 rings (SSSR count). The molecule has 5 aliphatic rings. The third kappa shape index (κ3) is 2.80. The van der Waals surface area contributed by atoms with Crippen LogP contribution >= 0.6 is 0 Å². The molecule has 34 heavy (non-hydrogen) atoms. The Morgan fingerprint density at radius 2 is 1.47 bits per heavy atom. The van der Waals surface area contributed by atoms with Gasteiger partial charge in [-0.3, -0.25) is 0 Å². The van der Waals surface area contributed by atoms with E-state index >= 15 is 0 Å². The first kappa shape index (κ1) is 25.0. The molecule has 0 bridgehead atoms. The minimum atomic E-state index is -1.08. The van der Waals surface area contributed by atoms with E-state index < -0.39 is 17.6 Å². The fraction of sp³-hybridized carbons (Fsp3) is 0.900. The van der Waals surface area contributed by atoms with Gasteiger partial charge < -0.3 is 20.1 Å². The summed E-state index contributed by atoms with van der Waals surface area (Å²) in [5, 5.41) is 33.8. The van der Waals surface area contributed by atoms with Crippen LogP contribution in [0.25, 0.3) is 0 Å². The van der Waals surface area contributed by atoms with Gasteiger partial charge in [-0.2, -0.15) is 0 Å². The van der Waals surface area contributed by atoms with Crippen LogP contribution in [0.15, 0.2) is 11.6 Å². The van der Waals surface area contributed by atoms with Gasteiger partial charge in [0.25, 0.3) is 0 Å². The maximum absolute atomic E-state index is 12.7. The van der Waals surface area contributed by atoms with Crippen molar-refractivity contribution in [3.05, 3.63) is 11.6 Å².